The van der Waals surface area contributed by atoms with Crippen LogP contribution in [0.1, 0.15) is 31.9 Å². The van der Waals surface area contributed by atoms with Crippen molar-refractivity contribution in [2.24, 2.45) is 5.41 Å². The van der Waals surface area contributed by atoms with Crippen LogP contribution in [0.4, 0.5) is 0 Å². The van der Waals surface area contributed by atoms with Crippen LogP contribution in [0.5, 0.6) is 0 Å². The van der Waals surface area contributed by atoms with E-state index in [1.165, 1.54) is 0 Å². The molecule has 0 aliphatic carbocycles. The molecule has 24 heavy (non-hydrogen) atoms. The van der Waals surface area contributed by atoms with Crippen LogP contribution in [-0.4, -0.2) is 40.8 Å². The molecule has 1 aromatic carbocycles. The first-order valence-electron chi connectivity index (χ1n) is 8.55. The highest BCUT2D eigenvalue weighted by Gasteiger charge is 2.33. The van der Waals surface area contributed by atoms with Gasteiger partial charge in [-0.05, 0) is 24.7 Å². The van der Waals surface area contributed by atoms with Gasteiger partial charge in [0.2, 0.25) is 5.91 Å². The first kappa shape index (κ1) is 16.7. The minimum atomic E-state index is -0.00878. The number of carbonyl (C=O) groups excluding carboxylic acids is 1. The molecular formula is C19H24N2O3. The summed E-state index contributed by atoms with van der Waals surface area (Å²) in [6.45, 7) is 3.72. The van der Waals surface area contributed by atoms with Gasteiger partial charge < -0.3 is 14.5 Å². The van der Waals surface area contributed by atoms with Crippen LogP contribution in [0.3, 0.4) is 0 Å². The summed E-state index contributed by atoms with van der Waals surface area (Å²) in [6, 6.07) is 11.6. The number of piperidine rings is 1. The maximum atomic E-state index is 12.5. The molecule has 1 aliphatic rings. The van der Waals surface area contributed by atoms with Crippen LogP contribution in [0.2, 0.25) is 0 Å². The van der Waals surface area contributed by atoms with Gasteiger partial charge >= 0.3 is 0 Å². The predicted octanol–water partition coefficient (Wildman–Crippen LogP) is 2.90. The highest BCUT2D eigenvalue weighted by atomic mass is 16.5. The van der Waals surface area contributed by atoms with E-state index in [9.17, 15) is 9.90 Å². The average Bonchev–Trinajstić information content (AvgIpc) is 3.11. The molecule has 5 nitrogen and oxygen atoms in total. The van der Waals surface area contributed by atoms with E-state index in [0.29, 0.717) is 24.5 Å². The Kier molecular flexibility index (Phi) is 5.00. The van der Waals surface area contributed by atoms with Gasteiger partial charge in [0.25, 0.3) is 0 Å². The maximum absolute atomic E-state index is 12.5. The van der Waals surface area contributed by atoms with Crippen molar-refractivity contribution in [3.8, 4) is 11.3 Å². The topological polar surface area (TPSA) is 66.6 Å². The molecule has 2 heterocycles. The van der Waals surface area contributed by atoms with E-state index in [0.717, 1.165) is 24.8 Å². The Hall–Kier alpha value is -2.14. The Morgan fingerprint density at radius 3 is 2.62 bits per heavy atom. The number of nitrogens with zero attached hydrogens (tertiary/aromatic N) is 2. The van der Waals surface area contributed by atoms with Crippen LogP contribution in [0.25, 0.3) is 11.3 Å². The molecule has 3 rings (SSSR count). The van der Waals surface area contributed by atoms with Crippen LogP contribution in [-0.2, 0) is 11.2 Å². The van der Waals surface area contributed by atoms with Crippen molar-refractivity contribution >= 4 is 5.91 Å². The second-order valence-corrected chi connectivity index (χ2v) is 6.62. The predicted molar refractivity (Wildman–Crippen MR) is 91.3 cm³/mol. The van der Waals surface area contributed by atoms with Crippen molar-refractivity contribution < 1.29 is 14.4 Å². The van der Waals surface area contributed by atoms with Gasteiger partial charge in [0.1, 0.15) is 0 Å². The summed E-state index contributed by atoms with van der Waals surface area (Å²) in [5, 5.41) is 13.6. The first-order valence-corrected chi connectivity index (χ1v) is 8.55. The van der Waals surface area contributed by atoms with Gasteiger partial charge in [-0.1, -0.05) is 42.4 Å². The lowest BCUT2D eigenvalue weighted by Gasteiger charge is -2.40. The third kappa shape index (κ3) is 3.51. The largest absolute Gasteiger partial charge is 0.396 e. The molecule has 0 unspecified atom stereocenters. The summed E-state index contributed by atoms with van der Waals surface area (Å²) in [5.74, 6) is 0.757. The molecule has 1 aliphatic heterocycles. The van der Waals surface area contributed by atoms with Gasteiger partial charge in [-0.15, -0.1) is 0 Å². The van der Waals surface area contributed by atoms with Gasteiger partial charge in [0.15, 0.2) is 5.76 Å². The summed E-state index contributed by atoms with van der Waals surface area (Å²) in [5.41, 5.74) is 1.61. The van der Waals surface area contributed by atoms with Crippen LogP contribution in [0.15, 0.2) is 40.9 Å². The number of amides is 1. The van der Waals surface area contributed by atoms with Gasteiger partial charge in [-0.2, -0.15) is 0 Å². The average molecular weight is 328 g/mol. The van der Waals surface area contributed by atoms with Crippen molar-refractivity contribution in [3.05, 3.63) is 42.1 Å². The van der Waals surface area contributed by atoms with E-state index >= 15 is 0 Å². The highest BCUT2D eigenvalue weighted by Crippen LogP contribution is 2.34. The lowest BCUT2D eigenvalue weighted by Crippen LogP contribution is -2.45. The number of rotatable bonds is 5. The number of aromatic nitrogens is 1. The molecule has 1 amide bonds. The van der Waals surface area contributed by atoms with E-state index in [1.807, 2.05) is 41.3 Å². The zero-order chi connectivity index (χ0) is 17.0. The van der Waals surface area contributed by atoms with Crippen LogP contribution in [0, 0.1) is 5.41 Å². The number of aliphatic hydroxyl groups is 1. The summed E-state index contributed by atoms with van der Waals surface area (Å²) >= 11 is 0. The van der Waals surface area contributed by atoms with E-state index in [1.54, 1.807) is 0 Å². The molecule has 0 atom stereocenters. The van der Waals surface area contributed by atoms with Gasteiger partial charge in [-0.3, -0.25) is 4.79 Å². The van der Waals surface area contributed by atoms with Crippen molar-refractivity contribution in [2.45, 2.75) is 32.6 Å². The lowest BCUT2D eigenvalue weighted by molar-refractivity contribution is -0.133. The molecule has 0 spiro atoms. The number of hydrogen-bond donors (Lipinski definition) is 1. The molecule has 0 radical (unpaired) electrons. The molecule has 0 saturated carbocycles. The Labute approximate surface area is 142 Å². The fourth-order valence-electron chi connectivity index (χ4n) is 3.25. The Balaban J connectivity index is 1.59. The van der Waals surface area contributed by atoms with E-state index in [4.69, 9.17) is 4.52 Å². The Morgan fingerprint density at radius 1 is 1.29 bits per heavy atom. The lowest BCUT2D eigenvalue weighted by atomic mass is 9.77. The SMILES string of the molecule is CCC1(CO)CCN(C(=O)Cc2cc(-c3ccccc3)on2)CC1. The zero-order valence-corrected chi connectivity index (χ0v) is 14.1. The molecule has 1 saturated heterocycles. The molecule has 0 bridgehead atoms. The molecular weight excluding hydrogens is 304 g/mol. The van der Waals surface area contributed by atoms with Crippen molar-refractivity contribution in [3.63, 3.8) is 0 Å². The zero-order valence-electron chi connectivity index (χ0n) is 14.1. The standard InChI is InChI=1S/C19H24N2O3/c1-2-19(14-22)8-10-21(11-9-19)18(23)13-16-12-17(24-20-16)15-6-4-3-5-7-15/h3-7,12,22H,2,8-11,13-14H2,1H3. The molecule has 128 valence electrons. The Bertz CT molecular complexity index is 667. The van der Waals surface area contributed by atoms with Crippen LogP contribution < -0.4 is 0 Å². The highest BCUT2D eigenvalue weighted by molar-refractivity contribution is 5.78. The quantitative estimate of drug-likeness (QED) is 0.916. The number of carbonyl (C=O) groups is 1. The molecule has 1 fully saturated rings. The van der Waals surface area contributed by atoms with Crippen molar-refractivity contribution in [1.82, 2.24) is 10.1 Å². The minimum Gasteiger partial charge on any atom is -0.396 e. The number of hydrogen-bond acceptors (Lipinski definition) is 4. The number of benzene rings is 1. The molecule has 5 heteroatoms. The van der Waals surface area contributed by atoms with E-state index in [-0.39, 0.29) is 24.3 Å². The van der Waals surface area contributed by atoms with Gasteiger partial charge in [-0.25, -0.2) is 0 Å². The van der Waals surface area contributed by atoms with Gasteiger partial charge in [0.05, 0.1) is 12.1 Å². The molecule has 2 aromatic rings. The minimum absolute atomic E-state index is 0.00878. The second-order valence-electron chi connectivity index (χ2n) is 6.62. The number of aliphatic hydroxyl groups excluding tert-OH is 1. The summed E-state index contributed by atoms with van der Waals surface area (Å²) < 4.78 is 5.35. The summed E-state index contributed by atoms with van der Waals surface area (Å²) in [4.78, 5) is 14.4. The molecule has 1 aromatic heterocycles. The smallest absolute Gasteiger partial charge is 0.228 e. The van der Waals surface area contributed by atoms with Crippen molar-refractivity contribution in [1.29, 1.82) is 0 Å². The molecule has 1 N–H and O–H groups in total. The van der Waals surface area contributed by atoms with Crippen molar-refractivity contribution in [2.75, 3.05) is 19.7 Å². The normalized spacial score (nSPS) is 17.0. The summed E-state index contributed by atoms with van der Waals surface area (Å²) in [6.07, 6.45) is 2.93. The van der Waals surface area contributed by atoms with Gasteiger partial charge in [0, 0.05) is 31.3 Å². The fourth-order valence-corrected chi connectivity index (χ4v) is 3.25. The van der Waals surface area contributed by atoms with Crippen LogP contribution >= 0.6 is 0 Å². The Morgan fingerprint density at radius 2 is 2.00 bits per heavy atom. The second kappa shape index (κ2) is 7.18. The maximum Gasteiger partial charge on any atom is 0.228 e. The fraction of sp³-hybridized carbons (Fsp3) is 0.474. The third-order valence-corrected chi connectivity index (χ3v) is 5.21. The van der Waals surface area contributed by atoms with E-state index < -0.39 is 0 Å². The summed E-state index contributed by atoms with van der Waals surface area (Å²) in [7, 11) is 0. The third-order valence-electron chi connectivity index (χ3n) is 5.21. The first-order chi connectivity index (χ1) is 11.7. The monoisotopic (exact) mass is 328 g/mol. The number of likely N-dealkylation sites (tertiary alicyclic amines) is 1. The van der Waals surface area contributed by atoms with E-state index in [2.05, 4.69) is 12.1 Å².